The molecule has 2 aromatic carbocycles. The number of carbonyl (C=O) groups excluding carboxylic acids is 2. The molecule has 36 heavy (non-hydrogen) atoms. The van der Waals surface area contributed by atoms with Crippen molar-refractivity contribution >= 4 is 35.5 Å². The molecule has 0 saturated carbocycles. The largest absolute Gasteiger partial charge is 0.616 e. The first-order valence-electron chi connectivity index (χ1n) is 12.2. The monoisotopic (exact) mass is 531 g/mol. The number of benzene rings is 2. The van der Waals surface area contributed by atoms with Gasteiger partial charge in [-0.2, -0.15) is 0 Å². The van der Waals surface area contributed by atoms with Crippen molar-refractivity contribution in [2.45, 2.75) is 62.3 Å². The second-order valence-electron chi connectivity index (χ2n) is 10.2. The Morgan fingerprint density at radius 1 is 1.08 bits per heavy atom. The maximum absolute atomic E-state index is 13.5. The van der Waals surface area contributed by atoms with Gasteiger partial charge in [0.1, 0.15) is 11.5 Å². The van der Waals surface area contributed by atoms with E-state index in [1.54, 1.807) is 26.4 Å². The summed E-state index contributed by atoms with van der Waals surface area (Å²) in [6, 6.07) is 17.3. The van der Waals surface area contributed by atoms with E-state index in [4.69, 9.17) is 9.94 Å². The fourth-order valence-corrected chi connectivity index (χ4v) is 6.46. The van der Waals surface area contributed by atoms with Crippen molar-refractivity contribution in [2.75, 3.05) is 18.8 Å². The summed E-state index contributed by atoms with van der Waals surface area (Å²) in [5.74, 6) is -0.173. The first-order valence-corrected chi connectivity index (χ1v) is 14.1. The molecule has 1 spiro atoms. The molecule has 0 bridgehead atoms. The molecular formula is C27H37N3O4S2. The van der Waals surface area contributed by atoms with E-state index in [1.807, 2.05) is 35.2 Å². The SMILES string of the molecule is CC(C)(N)C(=O)N[C@H](C[S+]([O-])Cc1ccccc1)C(=O)N1CCC2(CCc3ccccc32)CC1.O=[SH2]. The number of carbonyl (C=O) groups is 2. The lowest BCUT2D eigenvalue weighted by Crippen LogP contribution is -2.59. The molecule has 1 aliphatic heterocycles. The molecule has 0 aromatic heterocycles. The van der Waals surface area contributed by atoms with Crippen LogP contribution >= 0.6 is 0 Å². The van der Waals surface area contributed by atoms with Crippen LogP contribution in [0.15, 0.2) is 54.6 Å². The van der Waals surface area contributed by atoms with Gasteiger partial charge in [-0.1, -0.05) is 54.6 Å². The zero-order valence-corrected chi connectivity index (χ0v) is 22.8. The fourth-order valence-electron chi connectivity index (χ4n) is 5.18. The van der Waals surface area contributed by atoms with Gasteiger partial charge in [-0.15, -0.1) is 0 Å². The summed E-state index contributed by atoms with van der Waals surface area (Å²) >= 11 is 0.412. The van der Waals surface area contributed by atoms with E-state index in [-0.39, 0.29) is 17.1 Å². The molecule has 2 aromatic rings. The van der Waals surface area contributed by atoms with Crippen molar-refractivity contribution in [3.05, 3.63) is 71.3 Å². The van der Waals surface area contributed by atoms with Crippen LogP contribution in [0.4, 0.5) is 0 Å². The van der Waals surface area contributed by atoms with Crippen LogP contribution in [0.5, 0.6) is 0 Å². The first kappa shape index (κ1) is 28.4. The standard InChI is InChI=1S/C27H35N3O3S.H2OS/c1-26(2,28)25(32)29-23(19-34(33)18-20-8-4-3-5-9-20)24(31)30-16-14-27(15-17-30)13-12-21-10-6-7-11-22(21)27;1-2/h3-11,23H,12-19,28H2,1-2H3,(H,29,32);2H2/t23-,34?;/m1./s1. The lowest BCUT2D eigenvalue weighted by molar-refractivity contribution is -0.138. The molecule has 1 unspecified atom stereocenters. The topological polar surface area (TPSA) is 116 Å². The highest BCUT2D eigenvalue weighted by Gasteiger charge is 2.43. The summed E-state index contributed by atoms with van der Waals surface area (Å²) in [6.45, 7) is 4.48. The molecule has 196 valence electrons. The van der Waals surface area contributed by atoms with Crippen molar-refractivity contribution in [1.82, 2.24) is 10.2 Å². The second kappa shape index (κ2) is 12.4. The lowest BCUT2D eigenvalue weighted by Gasteiger charge is -2.41. The molecule has 9 heteroatoms. The number of piperidine rings is 1. The predicted octanol–water partition coefficient (Wildman–Crippen LogP) is 1.79. The number of likely N-dealkylation sites (tertiary alicyclic amines) is 1. The summed E-state index contributed by atoms with van der Waals surface area (Å²) in [5, 5.41) is 2.80. The Morgan fingerprint density at radius 3 is 2.33 bits per heavy atom. The molecule has 2 amide bonds. The van der Waals surface area contributed by atoms with Gasteiger partial charge < -0.3 is 20.5 Å². The third-order valence-electron chi connectivity index (χ3n) is 7.21. The molecule has 7 nitrogen and oxygen atoms in total. The van der Waals surface area contributed by atoms with E-state index in [0.29, 0.717) is 18.8 Å². The Kier molecular flexibility index (Phi) is 9.74. The fraction of sp³-hybridized carbons (Fsp3) is 0.481. The summed E-state index contributed by atoms with van der Waals surface area (Å²) in [4.78, 5) is 28.0. The van der Waals surface area contributed by atoms with E-state index < -0.39 is 28.7 Å². The van der Waals surface area contributed by atoms with Crippen LogP contribution < -0.4 is 11.1 Å². The zero-order chi connectivity index (χ0) is 26.3. The van der Waals surface area contributed by atoms with Crippen LogP contribution in [0.2, 0.25) is 0 Å². The van der Waals surface area contributed by atoms with Crippen LogP contribution in [-0.2, 0) is 50.9 Å². The summed E-state index contributed by atoms with van der Waals surface area (Å²) in [5.41, 5.74) is 8.78. The van der Waals surface area contributed by atoms with Crippen molar-refractivity contribution in [3.8, 4) is 0 Å². The minimum absolute atomic E-state index is 0.0695. The van der Waals surface area contributed by atoms with Gasteiger partial charge in [0.05, 0.1) is 5.54 Å². The average Bonchev–Trinajstić information content (AvgIpc) is 3.23. The summed E-state index contributed by atoms with van der Waals surface area (Å²) in [6.07, 6.45) is 4.03. The molecule has 2 aliphatic rings. The maximum atomic E-state index is 13.5. The smallest absolute Gasteiger partial charge is 0.250 e. The molecule has 1 saturated heterocycles. The van der Waals surface area contributed by atoms with Crippen molar-refractivity contribution < 1.29 is 18.4 Å². The van der Waals surface area contributed by atoms with E-state index in [9.17, 15) is 14.1 Å². The van der Waals surface area contributed by atoms with E-state index >= 15 is 0 Å². The number of aryl methyl sites for hydroxylation is 1. The number of nitrogens with zero attached hydrogens (tertiary/aromatic N) is 1. The van der Waals surface area contributed by atoms with E-state index in [0.717, 1.165) is 31.2 Å². The maximum Gasteiger partial charge on any atom is 0.250 e. The second-order valence-corrected chi connectivity index (χ2v) is 11.7. The van der Waals surface area contributed by atoms with Gasteiger partial charge in [0, 0.05) is 18.7 Å². The zero-order valence-electron chi connectivity index (χ0n) is 21.0. The molecule has 1 fully saturated rings. The van der Waals surface area contributed by atoms with E-state index in [1.165, 1.54) is 11.1 Å². The van der Waals surface area contributed by atoms with Gasteiger partial charge in [-0.25, -0.2) is 0 Å². The number of amides is 2. The third kappa shape index (κ3) is 6.76. The van der Waals surface area contributed by atoms with Crippen LogP contribution in [0, 0.1) is 0 Å². The van der Waals surface area contributed by atoms with Crippen LogP contribution in [0.3, 0.4) is 0 Å². The van der Waals surface area contributed by atoms with E-state index in [2.05, 4.69) is 29.6 Å². The first-order chi connectivity index (χ1) is 17.2. The minimum atomic E-state index is -1.31. The number of rotatable bonds is 7. The quantitative estimate of drug-likeness (QED) is 0.529. The van der Waals surface area contributed by atoms with Gasteiger partial charge in [0.15, 0.2) is 6.04 Å². The minimum Gasteiger partial charge on any atom is -0.616 e. The number of hydrogen-bond acceptors (Lipinski definition) is 5. The van der Waals surface area contributed by atoms with Gasteiger partial charge >= 0.3 is 0 Å². The summed E-state index contributed by atoms with van der Waals surface area (Å²) in [7, 11) is 0. The highest BCUT2D eigenvalue weighted by molar-refractivity contribution is 7.90. The Labute approximate surface area is 221 Å². The molecule has 0 radical (unpaired) electrons. The number of fused-ring (bicyclic) bond motifs is 2. The lowest BCUT2D eigenvalue weighted by atomic mass is 9.74. The third-order valence-corrected chi connectivity index (χ3v) is 8.57. The molecular weight excluding hydrogens is 494 g/mol. The normalized spacial score (nSPS) is 18.0. The highest BCUT2D eigenvalue weighted by atomic mass is 32.2. The van der Waals surface area contributed by atoms with Crippen molar-refractivity contribution in [1.29, 1.82) is 0 Å². The van der Waals surface area contributed by atoms with Crippen LogP contribution in [0.1, 0.15) is 49.8 Å². The van der Waals surface area contributed by atoms with Crippen LogP contribution in [0.25, 0.3) is 0 Å². The Bertz CT molecular complexity index is 1040. The summed E-state index contributed by atoms with van der Waals surface area (Å²) < 4.78 is 21.0. The molecule has 2 atom stereocenters. The Hall–Kier alpha value is -2.20. The molecule has 1 aliphatic carbocycles. The molecule has 4 rings (SSSR count). The number of nitrogens with one attached hydrogen (secondary N) is 1. The molecule has 1 heterocycles. The van der Waals surface area contributed by atoms with Gasteiger partial charge in [-0.3, -0.25) is 13.8 Å². The average molecular weight is 532 g/mol. The predicted molar refractivity (Wildman–Crippen MR) is 147 cm³/mol. The van der Waals surface area contributed by atoms with Crippen molar-refractivity contribution in [3.63, 3.8) is 0 Å². The Balaban J connectivity index is 0.00000176. The highest BCUT2D eigenvalue weighted by Crippen LogP contribution is 2.46. The number of hydrogen-bond donors (Lipinski definition) is 2. The van der Waals surface area contributed by atoms with Gasteiger partial charge in [0.2, 0.25) is 11.8 Å². The van der Waals surface area contributed by atoms with Gasteiger partial charge in [-0.05, 0) is 79.8 Å². The molecule has 3 N–H and O–H groups in total. The van der Waals surface area contributed by atoms with Crippen molar-refractivity contribution in [2.24, 2.45) is 5.73 Å². The number of nitrogens with two attached hydrogens (primary N) is 1. The Morgan fingerprint density at radius 2 is 1.69 bits per heavy atom. The van der Waals surface area contributed by atoms with Crippen LogP contribution in [-0.4, -0.2) is 55.9 Å². The van der Waals surface area contributed by atoms with Gasteiger partial charge in [0.25, 0.3) is 0 Å².